The smallest absolute Gasteiger partial charge is 0.0978 e. The summed E-state index contributed by atoms with van der Waals surface area (Å²) in [6, 6.07) is 19.8. The van der Waals surface area contributed by atoms with Crippen LogP contribution in [0.2, 0.25) is 0 Å². The quantitative estimate of drug-likeness (QED) is 0.625. The fourth-order valence-electron chi connectivity index (χ4n) is 3.27. The Balaban J connectivity index is 2.38. The van der Waals surface area contributed by atoms with Crippen molar-refractivity contribution in [3.8, 4) is 0 Å². The highest BCUT2D eigenvalue weighted by Crippen LogP contribution is 2.36. The lowest BCUT2D eigenvalue weighted by Crippen LogP contribution is -2.47. The van der Waals surface area contributed by atoms with E-state index in [0.717, 1.165) is 11.1 Å². The van der Waals surface area contributed by atoms with E-state index in [9.17, 15) is 10.3 Å². The summed E-state index contributed by atoms with van der Waals surface area (Å²) in [6.07, 6.45) is 1.26. The van der Waals surface area contributed by atoms with E-state index in [4.69, 9.17) is 0 Å². The molecule has 0 radical (unpaired) electrons. The molecule has 1 N–H and O–H groups in total. The zero-order valence-corrected chi connectivity index (χ0v) is 14.3. The minimum absolute atomic E-state index is 0.148. The first kappa shape index (κ1) is 17.7. The maximum absolute atomic E-state index is 12.3. The number of rotatable bonds is 7. The number of quaternary nitrogens is 1. The Hall–Kier alpha value is -1.68. The van der Waals surface area contributed by atoms with Gasteiger partial charge in [-0.05, 0) is 24.0 Å². The van der Waals surface area contributed by atoms with Crippen LogP contribution in [0.25, 0.3) is 0 Å². The average Bonchev–Trinajstić information content (AvgIpc) is 2.54. The van der Waals surface area contributed by atoms with Gasteiger partial charge in [0.25, 0.3) is 0 Å². The van der Waals surface area contributed by atoms with Crippen molar-refractivity contribution in [2.75, 3.05) is 20.6 Å². The van der Waals surface area contributed by atoms with Gasteiger partial charge in [0.05, 0.1) is 26.2 Å². The first-order valence-corrected chi connectivity index (χ1v) is 8.21. The summed E-state index contributed by atoms with van der Waals surface area (Å²) in [5.74, 6) is -0.148. The third kappa shape index (κ3) is 4.64. The normalized spacial score (nSPS) is 15.9. The minimum Gasteiger partial charge on any atom is -0.633 e. The van der Waals surface area contributed by atoms with Gasteiger partial charge in [0.2, 0.25) is 0 Å². The van der Waals surface area contributed by atoms with Gasteiger partial charge < -0.3 is 15.0 Å². The fraction of sp³-hybridized carbons (Fsp3) is 0.400. The molecule has 2 aromatic carbocycles. The molecule has 0 aliphatic heterocycles. The summed E-state index contributed by atoms with van der Waals surface area (Å²) < 4.78 is -0.410. The van der Waals surface area contributed by atoms with Gasteiger partial charge in [-0.2, -0.15) is 0 Å². The van der Waals surface area contributed by atoms with E-state index < -0.39 is 10.2 Å². The van der Waals surface area contributed by atoms with Crippen molar-refractivity contribution in [2.45, 2.75) is 25.4 Å². The van der Waals surface area contributed by atoms with Crippen LogP contribution in [-0.2, 0) is 12.0 Å². The number of benzene rings is 2. The van der Waals surface area contributed by atoms with Gasteiger partial charge in [-0.1, -0.05) is 67.6 Å². The Bertz CT molecular complexity index is 592. The molecular formula is C20H27NO2. The second kappa shape index (κ2) is 7.26. The third-order valence-electron chi connectivity index (χ3n) is 4.47. The van der Waals surface area contributed by atoms with Crippen molar-refractivity contribution in [3.05, 3.63) is 77.0 Å². The molecule has 23 heavy (non-hydrogen) atoms. The predicted molar refractivity (Wildman–Crippen MR) is 94.6 cm³/mol. The van der Waals surface area contributed by atoms with E-state index in [1.54, 1.807) is 14.1 Å². The molecule has 0 heterocycles. The van der Waals surface area contributed by atoms with Crippen LogP contribution in [0.4, 0.5) is 0 Å². The first-order valence-electron chi connectivity index (χ1n) is 8.21. The van der Waals surface area contributed by atoms with Crippen molar-refractivity contribution in [3.63, 3.8) is 0 Å². The second-order valence-electron chi connectivity index (χ2n) is 6.79. The second-order valence-corrected chi connectivity index (χ2v) is 6.79. The van der Waals surface area contributed by atoms with Crippen molar-refractivity contribution in [2.24, 2.45) is 5.92 Å². The van der Waals surface area contributed by atoms with E-state index in [1.807, 2.05) is 55.5 Å². The molecule has 124 valence electrons. The Morgan fingerprint density at radius 1 is 1.00 bits per heavy atom. The molecule has 0 amide bonds. The largest absolute Gasteiger partial charge is 0.633 e. The molecule has 0 aromatic heterocycles. The van der Waals surface area contributed by atoms with Crippen LogP contribution in [0.1, 0.15) is 24.5 Å². The lowest BCUT2D eigenvalue weighted by atomic mass is 9.76. The standard InChI is InChI=1S/C20H27NO2/c1-4-20(22,18-13-9-6-10-14-18)19(16-21(2,3)23)15-17-11-7-5-8-12-17/h5-14,19,22H,4,15-16H2,1-3H3/t19-,20+/m1/s1. The summed E-state index contributed by atoms with van der Waals surface area (Å²) in [5.41, 5.74) is 1.03. The van der Waals surface area contributed by atoms with E-state index in [-0.39, 0.29) is 5.92 Å². The summed E-state index contributed by atoms with van der Waals surface area (Å²) in [5, 5.41) is 23.8. The maximum Gasteiger partial charge on any atom is 0.0978 e. The molecule has 2 atom stereocenters. The van der Waals surface area contributed by atoms with E-state index in [0.29, 0.717) is 19.4 Å². The van der Waals surface area contributed by atoms with Crippen molar-refractivity contribution >= 4 is 0 Å². The molecule has 0 saturated heterocycles. The van der Waals surface area contributed by atoms with Crippen LogP contribution >= 0.6 is 0 Å². The highest BCUT2D eigenvalue weighted by molar-refractivity contribution is 5.25. The molecule has 0 fully saturated rings. The summed E-state index contributed by atoms with van der Waals surface area (Å²) in [7, 11) is 3.28. The van der Waals surface area contributed by atoms with Crippen LogP contribution in [0.3, 0.4) is 0 Å². The highest BCUT2D eigenvalue weighted by atomic mass is 16.5. The van der Waals surface area contributed by atoms with Gasteiger partial charge in [-0.3, -0.25) is 0 Å². The van der Waals surface area contributed by atoms with Gasteiger partial charge in [0.15, 0.2) is 0 Å². The topological polar surface area (TPSA) is 43.3 Å². The molecule has 0 spiro atoms. The predicted octanol–water partition coefficient (Wildman–Crippen LogP) is 3.72. The molecule has 0 aliphatic rings. The molecule has 2 rings (SSSR count). The van der Waals surface area contributed by atoms with Crippen LogP contribution < -0.4 is 0 Å². The monoisotopic (exact) mass is 313 g/mol. The average molecular weight is 313 g/mol. The number of aliphatic hydroxyl groups is 1. The number of hydroxylamine groups is 3. The Morgan fingerprint density at radius 3 is 2.00 bits per heavy atom. The summed E-state index contributed by atoms with van der Waals surface area (Å²) >= 11 is 0. The van der Waals surface area contributed by atoms with E-state index in [2.05, 4.69) is 12.1 Å². The molecule has 3 heteroatoms. The fourth-order valence-corrected chi connectivity index (χ4v) is 3.27. The van der Waals surface area contributed by atoms with E-state index >= 15 is 0 Å². The molecule has 3 nitrogen and oxygen atoms in total. The van der Waals surface area contributed by atoms with Crippen molar-refractivity contribution in [1.82, 2.24) is 0 Å². The molecule has 0 bridgehead atoms. The van der Waals surface area contributed by atoms with E-state index in [1.165, 1.54) is 0 Å². The highest BCUT2D eigenvalue weighted by Gasteiger charge is 2.39. The summed E-state index contributed by atoms with van der Waals surface area (Å²) in [6.45, 7) is 2.35. The van der Waals surface area contributed by atoms with Gasteiger partial charge in [-0.25, -0.2) is 0 Å². The lowest BCUT2D eigenvalue weighted by Gasteiger charge is -2.43. The van der Waals surface area contributed by atoms with Gasteiger partial charge >= 0.3 is 0 Å². The number of nitrogens with zero attached hydrogens (tertiary/aromatic N) is 1. The minimum atomic E-state index is -1.00. The van der Waals surface area contributed by atoms with Crippen LogP contribution in [0.15, 0.2) is 60.7 Å². The molecule has 0 saturated carbocycles. The zero-order chi connectivity index (χ0) is 16.9. The molecular weight excluding hydrogens is 286 g/mol. The van der Waals surface area contributed by atoms with Gasteiger partial charge in [0, 0.05) is 5.92 Å². The number of hydrogen-bond acceptors (Lipinski definition) is 2. The third-order valence-corrected chi connectivity index (χ3v) is 4.47. The molecule has 0 aliphatic carbocycles. The van der Waals surface area contributed by atoms with Gasteiger partial charge in [0.1, 0.15) is 0 Å². The molecule has 0 unspecified atom stereocenters. The number of hydrogen-bond donors (Lipinski definition) is 1. The van der Waals surface area contributed by atoms with Crippen LogP contribution in [0, 0.1) is 11.1 Å². The van der Waals surface area contributed by atoms with Crippen molar-refractivity contribution < 1.29 is 9.75 Å². The Morgan fingerprint density at radius 2 is 1.52 bits per heavy atom. The van der Waals surface area contributed by atoms with Crippen LogP contribution in [-0.4, -0.2) is 30.4 Å². The Labute approximate surface area is 139 Å². The maximum atomic E-state index is 12.3. The zero-order valence-electron chi connectivity index (χ0n) is 14.3. The van der Waals surface area contributed by atoms with Crippen LogP contribution in [0.5, 0.6) is 0 Å². The lowest BCUT2D eigenvalue weighted by molar-refractivity contribution is -0.845. The van der Waals surface area contributed by atoms with Gasteiger partial charge in [-0.15, -0.1) is 0 Å². The Kier molecular flexibility index (Phi) is 5.58. The summed E-state index contributed by atoms with van der Waals surface area (Å²) in [4.78, 5) is 0. The molecule has 2 aromatic rings. The SMILES string of the molecule is CC[C@](O)(c1ccccc1)[C@H](Cc1ccccc1)C[N+](C)(C)[O-]. The first-order chi connectivity index (χ1) is 10.8. The van der Waals surface area contributed by atoms with Crippen molar-refractivity contribution in [1.29, 1.82) is 0 Å².